The minimum atomic E-state index is -7.78. The minimum Gasteiger partial charge on any atom is -0.462 e. The highest BCUT2D eigenvalue weighted by Crippen LogP contribution is 2.59. The monoisotopic (exact) mass is 436 g/mol. The number of carbonyl (C=O) groups excluding carboxylic acids is 1. The second kappa shape index (κ2) is 7.00. The second-order valence-electron chi connectivity index (χ2n) is 4.78. The van der Waals surface area contributed by atoms with Crippen LogP contribution in [0.4, 0.5) is 61.5 Å². The van der Waals surface area contributed by atoms with Gasteiger partial charge in [0, 0.05) is 6.08 Å². The van der Waals surface area contributed by atoms with Crippen molar-refractivity contribution < 1.29 is 71.0 Å². The van der Waals surface area contributed by atoms with Gasteiger partial charge in [-0.05, 0) is 0 Å². The zero-order valence-corrected chi connectivity index (χ0v) is 12.2. The highest BCUT2D eigenvalue weighted by atomic mass is 19.4. The van der Waals surface area contributed by atoms with Crippen LogP contribution in [-0.2, 0) is 9.53 Å². The van der Waals surface area contributed by atoms with Crippen LogP contribution in [-0.4, -0.2) is 48.6 Å². The van der Waals surface area contributed by atoms with Crippen LogP contribution in [0.25, 0.3) is 0 Å². The van der Waals surface area contributed by atoms with Crippen LogP contribution < -0.4 is 0 Å². The Morgan fingerprint density at radius 2 is 1.15 bits per heavy atom. The lowest BCUT2D eigenvalue weighted by molar-refractivity contribution is -0.422. The fourth-order valence-electron chi connectivity index (χ4n) is 1.47. The van der Waals surface area contributed by atoms with Gasteiger partial charge < -0.3 is 4.74 Å². The minimum absolute atomic E-state index is 0.0244. The van der Waals surface area contributed by atoms with Gasteiger partial charge in [-0.3, -0.25) is 0 Å². The molecule has 0 radical (unpaired) electrons. The van der Waals surface area contributed by atoms with Gasteiger partial charge >= 0.3 is 42.0 Å². The standard InChI is InChI=1S/C11H6F14O2/c1-2-5(26)27-3-4(7(14,15)10(20,21)22)6(12,13)8(16,17)9(18,19)11(23,24)25/h2,4H,1,3H2. The Morgan fingerprint density at radius 3 is 1.44 bits per heavy atom. The first kappa shape index (κ1) is 25.2. The van der Waals surface area contributed by atoms with Crippen molar-refractivity contribution in [3.05, 3.63) is 12.7 Å². The molecule has 1 atom stereocenters. The highest BCUT2D eigenvalue weighted by Gasteiger charge is 2.86. The van der Waals surface area contributed by atoms with E-state index in [1.807, 2.05) is 0 Å². The molecular weight excluding hydrogens is 430 g/mol. The third kappa shape index (κ3) is 4.23. The van der Waals surface area contributed by atoms with Crippen LogP contribution in [0.3, 0.4) is 0 Å². The number of alkyl halides is 14. The average molecular weight is 436 g/mol. The van der Waals surface area contributed by atoms with E-state index in [2.05, 4.69) is 11.3 Å². The number of halogens is 14. The summed E-state index contributed by atoms with van der Waals surface area (Å²) in [5.41, 5.74) is 0. The van der Waals surface area contributed by atoms with E-state index in [1.165, 1.54) is 0 Å². The van der Waals surface area contributed by atoms with E-state index < -0.39 is 54.5 Å². The number of rotatable bonds is 7. The summed E-state index contributed by atoms with van der Waals surface area (Å²) in [5, 5.41) is 0. The summed E-state index contributed by atoms with van der Waals surface area (Å²) in [6.07, 6.45) is -14.6. The first-order valence-electron chi connectivity index (χ1n) is 6.03. The zero-order chi connectivity index (χ0) is 22.3. The highest BCUT2D eigenvalue weighted by molar-refractivity contribution is 5.81. The van der Waals surface area contributed by atoms with Gasteiger partial charge in [-0.1, -0.05) is 6.58 Å². The molecule has 0 aromatic carbocycles. The van der Waals surface area contributed by atoms with Crippen molar-refractivity contribution in [3.8, 4) is 0 Å². The van der Waals surface area contributed by atoms with Gasteiger partial charge in [-0.15, -0.1) is 0 Å². The Kier molecular flexibility index (Phi) is 6.54. The van der Waals surface area contributed by atoms with Crippen LogP contribution in [0.1, 0.15) is 0 Å². The molecule has 2 nitrogen and oxygen atoms in total. The molecule has 27 heavy (non-hydrogen) atoms. The van der Waals surface area contributed by atoms with Crippen molar-refractivity contribution in [2.24, 2.45) is 5.92 Å². The molecule has 0 N–H and O–H groups in total. The second-order valence-corrected chi connectivity index (χ2v) is 4.78. The van der Waals surface area contributed by atoms with Crippen LogP contribution in [0.15, 0.2) is 12.7 Å². The van der Waals surface area contributed by atoms with E-state index in [0.29, 0.717) is 0 Å². The normalized spacial score (nSPS) is 16.1. The summed E-state index contributed by atoms with van der Waals surface area (Å²) in [6, 6.07) is 0. The van der Waals surface area contributed by atoms with E-state index in [9.17, 15) is 66.3 Å². The average Bonchev–Trinajstić information content (AvgIpc) is 2.43. The molecule has 0 aliphatic heterocycles. The summed E-state index contributed by atoms with van der Waals surface area (Å²) in [6.45, 7) is -0.449. The third-order valence-electron chi connectivity index (χ3n) is 2.98. The third-order valence-corrected chi connectivity index (χ3v) is 2.98. The number of carbonyl (C=O) groups is 1. The maximum Gasteiger partial charge on any atom is 0.460 e. The summed E-state index contributed by atoms with van der Waals surface area (Å²) in [5.74, 6) is -37.2. The Morgan fingerprint density at radius 1 is 0.741 bits per heavy atom. The summed E-state index contributed by atoms with van der Waals surface area (Å²) in [7, 11) is 0. The fraction of sp³-hybridized carbons (Fsp3) is 0.727. The quantitative estimate of drug-likeness (QED) is 0.319. The molecule has 0 amide bonds. The summed E-state index contributed by atoms with van der Waals surface area (Å²) < 4.78 is 181. The van der Waals surface area contributed by atoms with Gasteiger partial charge in [0.05, 0.1) is 0 Å². The molecule has 0 aliphatic carbocycles. The number of hydrogen-bond donors (Lipinski definition) is 0. The predicted octanol–water partition coefficient (Wildman–Crippen LogP) is 5.00. The van der Waals surface area contributed by atoms with Gasteiger partial charge in [0.1, 0.15) is 12.5 Å². The van der Waals surface area contributed by atoms with E-state index >= 15 is 0 Å². The van der Waals surface area contributed by atoms with Gasteiger partial charge in [-0.2, -0.15) is 61.5 Å². The van der Waals surface area contributed by atoms with Gasteiger partial charge in [0.25, 0.3) is 0 Å². The lowest BCUT2D eigenvalue weighted by Crippen LogP contribution is -2.67. The molecule has 0 heterocycles. The van der Waals surface area contributed by atoms with Gasteiger partial charge in [0.15, 0.2) is 0 Å². The summed E-state index contributed by atoms with van der Waals surface area (Å²) in [4.78, 5) is 10.6. The Hall–Kier alpha value is -1.77. The molecule has 16 heteroatoms. The molecule has 0 saturated carbocycles. The largest absolute Gasteiger partial charge is 0.462 e. The Bertz CT molecular complexity index is 558. The SMILES string of the molecule is C=CC(=O)OCC(C(F)(F)C(F)(F)F)C(F)(F)C(F)(F)C(F)(F)C(F)(F)F. The molecule has 0 bridgehead atoms. The number of ether oxygens (including phenoxy) is 1. The number of hydrogen-bond acceptors (Lipinski definition) is 2. The lowest BCUT2D eigenvalue weighted by atomic mass is 9.87. The first-order valence-corrected chi connectivity index (χ1v) is 6.03. The van der Waals surface area contributed by atoms with Crippen LogP contribution in [0.2, 0.25) is 0 Å². The first-order chi connectivity index (χ1) is 11.6. The van der Waals surface area contributed by atoms with Crippen molar-refractivity contribution in [2.45, 2.75) is 36.0 Å². The molecule has 0 aromatic heterocycles. The van der Waals surface area contributed by atoms with Crippen molar-refractivity contribution in [2.75, 3.05) is 6.61 Å². The molecule has 160 valence electrons. The summed E-state index contributed by atoms with van der Waals surface area (Å²) >= 11 is 0. The molecule has 1 unspecified atom stereocenters. The van der Waals surface area contributed by atoms with Crippen LogP contribution >= 0.6 is 0 Å². The van der Waals surface area contributed by atoms with E-state index in [4.69, 9.17) is 0 Å². The van der Waals surface area contributed by atoms with E-state index in [0.717, 1.165) is 0 Å². The van der Waals surface area contributed by atoms with E-state index in [-0.39, 0.29) is 6.08 Å². The molecule has 0 rings (SSSR count). The smallest absolute Gasteiger partial charge is 0.460 e. The number of esters is 1. The molecule has 0 aromatic rings. The fourth-order valence-corrected chi connectivity index (χ4v) is 1.47. The molecular formula is C11H6F14O2. The van der Waals surface area contributed by atoms with E-state index in [1.54, 1.807) is 0 Å². The maximum atomic E-state index is 13.5. The Balaban J connectivity index is 6.45. The van der Waals surface area contributed by atoms with Crippen molar-refractivity contribution in [1.82, 2.24) is 0 Å². The topological polar surface area (TPSA) is 26.3 Å². The predicted molar refractivity (Wildman–Crippen MR) is 56.5 cm³/mol. The van der Waals surface area contributed by atoms with Gasteiger partial charge in [-0.25, -0.2) is 4.79 Å². The van der Waals surface area contributed by atoms with Crippen LogP contribution in [0, 0.1) is 5.92 Å². The Labute approximate surface area is 139 Å². The zero-order valence-electron chi connectivity index (χ0n) is 12.2. The van der Waals surface area contributed by atoms with Crippen molar-refractivity contribution in [1.29, 1.82) is 0 Å². The molecule has 0 aliphatic rings. The maximum absolute atomic E-state index is 13.5. The van der Waals surface area contributed by atoms with Gasteiger partial charge in [0.2, 0.25) is 0 Å². The molecule has 0 spiro atoms. The van der Waals surface area contributed by atoms with Crippen molar-refractivity contribution >= 4 is 5.97 Å². The van der Waals surface area contributed by atoms with Crippen molar-refractivity contribution in [3.63, 3.8) is 0 Å². The molecule has 0 fully saturated rings. The molecule has 0 saturated heterocycles. The lowest BCUT2D eigenvalue weighted by Gasteiger charge is -2.40. The van der Waals surface area contributed by atoms with Crippen LogP contribution in [0.5, 0.6) is 0 Å².